The molecule has 0 radical (unpaired) electrons. The second-order valence-corrected chi connectivity index (χ2v) is 5.83. The van der Waals surface area contributed by atoms with Gasteiger partial charge in [-0.25, -0.2) is 21.9 Å². The van der Waals surface area contributed by atoms with E-state index in [-0.39, 0.29) is 11.4 Å². The van der Waals surface area contributed by atoms with E-state index in [4.69, 9.17) is 0 Å². The normalized spacial score (nSPS) is 11.8. The first kappa shape index (κ1) is 14.6. The van der Waals surface area contributed by atoms with Crippen LogP contribution in [0.1, 0.15) is 12.6 Å². The summed E-state index contributed by atoms with van der Waals surface area (Å²) in [5.41, 5.74) is 0.540. The monoisotopic (exact) mass is 301 g/mol. The molecule has 1 aromatic heterocycles. The Labute approximate surface area is 115 Å². The van der Waals surface area contributed by atoms with Crippen LogP contribution in [0.3, 0.4) is 0 Å². The summed E-state index contributed by atoms with van der Waals surface area (Å²) in [6.07, 6.45) is 1.72. The molecule has 2 rings (SSSR count). The molecule has 0 aliphatic rings. The maximum atomic E-state index is 13.0. The molecular weight excluding hydrogens is 288 g/mol. The molecule has 2 aromatic rings. The van der Waals surface area contributed by atoms with Crippen LogP contribution in [0.25, 0.3) is 0 Å². The van der Waals surface area contributed by atoms with E-state index in [0.29, 0.717) is 18.3 Å². The van der Waals surface area contributed by atoms with Gasteiger partial charge in [-0.2, -0.15) is 5.10 Å². The Balaban J connectivity index is 2.12. The number of hydrogen-bond donors (Lipinski definition) is 1. The maximum Gasteiger partial charge on any atom is 0.241 e. The van der Waals surface area contributed by atoms with Gasteiger partial charge in [-0.05, 0) is 31.2 Å². The van der Waals surface area contributed by atoms with Gasteiger partial charge in [-0.1, -0.05) is 0 Å². The average molecular weight is 301 g/mol. The Morgan fingerprint density at radius 2 is 2.00 bits per heavy atom. The quantitative estimate of drug-likeness (QED) is 0.913. The van der Waals surface area contributed by atoms with E-state index in [1.165, 1.54) is 0 Å². The van der Waals surface area contributed by atoms with E-state index in [1.54, 1.807) is 16.9 Å². The lowest BCUT2D eigenvalue weighted by Gasteiger charge is -2.05. The van der Waals surface area contributed by atoms with Gasteiger partial charge < -0.3 is 0 Å². The number of benzene rings is 1. The van der Waals surface area contributed by atoms with Gasteiger partial charge >= 0.3 is 0 Å². The van der Waals surface area contributed by atoms with E-state index in [2.05, 4.69) is 9.82 Å². The first-order valence-corrected chi connectivity index (χ1v) is 7.37. The topological polar surface area (TPSA) is 64.0 Å². The zero-order valence-corrected chi connectivity index (χ0v) is 11.5. The van der Waals surface area contributed by atoms with Crippen molar-refractivity contribution < 1.29 is 17.2 Å². The van der Waals surface area contributed by atoms with Crippen molar-refractivity contribution in [3.05, 3.63) is 47.8 Å². The second-order valence-electron chi connectivity index (χ2n) is 4.06. The van der Waals surface area contributed by atoms with E-state index in [1.807, 2.05) is 6.92 Å². The maximum absolute atomic E-state index is 13.0. The number of aryl methyl sites for hydroxylation is 1. The molecule has 0 saturated heterocycles. The van der Waals surface area contributed by atoms with Crippen molar-refractivity contribution in [3.63, 3.8) is 0 Å². The number of sulfonamides is 1. The minimum Gasteiger partial charge on any atom is -0.273 e. The van der Waals surface area contributed by atoms with Crippen LogP contribution < -0.4 is 4.72 Å². The van der Waals surface area contributed by atoms with Crippen molar-refractivity contribution in [2.24, 2.45) is 0 Å². The van der Waals surface area contributed by atoms with Crippen molar-refractivity contribution in [1.29, 1.82) is 0 Å². The fraction of sp³-hybridized carbons (Fsp3) is 0.250. The van der Waals surface area contributed by atoms with Gasteiger partial charge in [-0.15, -0.1) is 0 Å². The second kappa shape index (κ2) is 5.68. The summed E-state index contributed by atoms with van der Waals surface area (Å²) in [4.78, 5) is -0.327. The standard InChI is InChI=1S/C12H13F2N3O2S/c1-2-17-6-5-9(16-17)8-15-20(18,19)10-3-4-11(13)12(14)7-10/h3-7,15H,2,8H2,1H3. The molecule has 0 amide bonds. The summed E-state index contributed by atoms with van der Waals surface area (Å²) in [6, 6.07) is 4.10. The van der Waals surface area contributed by atoms with E-state index in [9.17, 15) is 17.2 Å². The third-order valence-electron chi connectivity index (χ3n) is 2.66. The molecule has 108 valence electrons. The van der Waals surface area contributed by atoms with Crippen molar-refractivity contribution in [3.8, 4) is 0 Å². The summed E-state index contributed by atoms with van der Waals surface area (Å²) >= 11 is 0. The zero-order valence-electron chi connectivity index (χ0n) is 10.7. The van der Waals surface area contributed by atoms with E-state index in [0.717, 1.165) is 12.1 Å². The molecule has 1 aromatic carbocycles. The summed E-state index contributed by atoms with van der Waals surface area (Å²) in [5.74, 6) is -2.30. The van der Waals surface area contributed by atoms with Crippen LogP contribution in [0, 0.1) is 11.6 Å². The molecule has 5 nitrogen and oxygen atoms in total. The molecule has 8 heteroatoms. The molecule has 0 fully saturated rings. The molecule has 0 spiro atoms. The third-order valence-corrected chi connectivity index (χ3v) is 4.06. The highest BCUT2D eigenvalue weighted by Crippen LogP contribution is 2.13. The minimum absolute atomic E-state index is 0.0195. The number of hydrogen-bond acceptors (Lipinski definition) is 3. The molecule has 0 aliphatic heterocycles. The predicted molar refractivity (Wildman–Crippen MR) is 68.3 cm³/mol. The Kier molecular flexibility index (Phi) is 4.15. The van der Waals surface area contributed by atoms with Crippen LogP contribution in [-0.4, -0.2) is 18.2 Å². The summed E-state index contributed by atoms with van der Waals surface area (Å²) in [6.45, 7) is 2.56. The number of rotatable bonds is 5. The van der Waals surface area contributed by atoms with Gasteiger partial charge in [0, 0.05) is 12.7 Å². The Hall–Kier alpha value is -1.80. The Bertz CT molecular complexity index is 713. The van der Waals surface area contributed by atoms with Crippen molar-refractivity contribution in [2.75, 3.05) is 0 Å². The first-order chi connectivity index (χ1) is 9.42. The summed E-state index contributed by atoms with van der Waals surface area (Å²) < 4.78 is 53.6. The fourth-order valence-corrected chi connectivity index (χ4v) is 2.58. The van der Waals surface area contributed by atoms with Gasteiger partial charge in [0.1, 0.15) is 0 Å². The van der Waals surface area contributed by atoms with Crippen LogP contribution in [0.4, 0.5) is 8.78 Å². The first-order valence-electron chi connectivity index (χ1n) is 5.89. The molecule has 0 aliphatic carbocycles. The Morgan fingerprint density at radius 1 is 1.25 bits per heavy atom. The molecule has 1 heterocycles. The van der Waals surface area contributed by atoms with Crippen LogP contribution in [0.5, 0.6) is 0 Å². The van der Waals surface area contributed by atoms with Gasteiger partial charge in [0.05, 0.1) is 17.1 Å². The minimum atomic E-state index is -3.90. The van der Waals surface area contributed by atoms with Crippen LogP contribution >= 0.6 is 0 Å². The smallest absolute Gasteiger partial charge is 0.241 e. The number of halogens is 2. The van der Waals surface area contributed by atoms with Crippen LogP contribution in [0.15, 0.2) is 35.4 Å². The zero-order chi connectivity index (χ0) is 14.8. The summed E-state index contributed by atoms with van der Waals surface area (Å²) in [5, 5.41) is 4.11. The summed E-state index contributed by atoms with van der Waals surface area (Å²) in [7, 11) is -3.90. The molecular formula is C12H13F2N3O2S. The number of aromatic nitrogens is 2. The molecule has 0 saturated carbocycles. The highest BCUT2D eigenvalue weighted by Gasteiger charge is 2.16. The van der Waals surface area contributed by atoms with Crippen molar-refractivity contribution >= 4 is 10.0 Å². The molecule has 0 atom stereocenters. The van der Waals surface area contributed by atoms with Crippen molar-refractivity contribution in [2.45, 2.75) is 24.9 Å². The Morgan fingerprint density at radius 3 is 2.60 bits per heavy atom. The predicted octanol–water partition coefficient (Wildman–Crippen LogP) is 1.66. The fourth-order valence-electron chi connectivity index (χ4n) is 1.57. The third kappa shape index (κ3) is 3.20. The van der Waals surface area contributed by atoms with E-state index < -0.39 is 21.7 Å². The van der Waals surface area contributed by atoms with Gasteiger partial charge in [-0.3, -0.25) is 4.68 Å². The molecule has 0 bridgehead atoms. The molecule has 1 N–H and O–H groups in total. The van der Waals surface area contributed by atoms with Crippen molar-refractivity contribution in [1.82, 2.24) is 14.5 Å². The SMILES string of the molecule is CCn1ccc(CNS(=O)(=O)c2ccc(F)c(F)c2)n1. The number of nitrogens with zero attached hydrogens (tertiary/aromatic N) is 2. The highest BCUT2D eigenvalue weighted by molar-refractivity contribution is 7.89. The van der Waals surface area contributed by atoms with Gasteiger partial charge in [0.25, 0.3) is 0 Å². The lowest BCUT2D eigenvalue weighted by atomic mass is 10.3. The number of nitrogens with one attached hydrogen (secondary N) is 1. The van der Waals surface area contributed by atoms with Gasteiger partial charge in [0.2, 0.25) is 10.0 Å². The average Bonchev–Trinajstić information content (AvgIpc) is 2.87. The molecule has 20 heavy (non-hydrogen) atoms. The molecule has 0 unspecified atom stereocenters. The largest absolute Gasteiger partial charge is 0.273 e. The lowest BCUT2D eigenvalue weighted by Crippen LogP contribution is -2.23. The van der Waals surface area contributed by atoms with Crippen LogP contribution in [0.2, 0.25) is 0 Å². The van der Waals surface area contributed by atoms with Gasteiger partial charge in [0.15, 0.2) is 11.6 Å². The van der Waals surface area contributed by atoms with E-state index >= 15 is 0 Å². The highest BCUT2D eigenvalue weighted by atomic mass is 32.2. The lowest BCUT2D eigenvalue weighted by molar-refractivity contribution is 0.504. The van der Waals surface area contributed by atoms with Crippen LogP contribution in [-0.2, 0) is 23.1 Å².